The first kappa shape index (κ1) is 9.98. The maximum absolute atomic E-state index is 11.9. The summed E-state index contributed by atoms with van der Waals surface area (Å²) in [6.07, 6.45) is 1.11. The molecule has 1 aromatic rings. The predicted molar refractivity (Wildman–Crippen MR) is 59.9 cm³/mol. The fourth-order valence-corrected chi connectivity index (χ4v) is 3.29. The van der Waals surface area contributed by atoms with Crippen molar-refractivity contribution in [3.05, 3.63) is 16.6 Å². The molecule has 1 aromatic heterocycles. The Morgan fingerprint density at radius 3 is 3.14 bits per heavy atom. The largest absolute Gasteiger partial charge is 0.337 e. The van der Waals surface area contributed by atoms with Crippen molar-refractivity contribution in [1.82, 2.24) is 9.88 Å². The van der Waals surface area contributed by atoms with E-state index in [4.69, 9.17) is 0 Å². The molecule has 0 aliphatic carbocycles. The van der Waals surface area contributed by atoms with Crippen LogP contribution in [0.4, 0.5) is 0 Å². The van der Waals surface area contributed by atoms with Gasteiger partial charge in [0.2, 0.25) is 0 Å². The van der Waals surface area contributed by atoms with Crippen molar-refractivity contribution in [1.29, 1.82) is 0 Å². The highest BCUT2D eigenvalue weighted by atomic mass is 32.2. The van der Waals surface area contributed by atoms with Gasteiger partial charge in [0, 0.05) is 24.2 Å². The van der Waals surface area contributed by atoms with Crippen LogP contribution in [0.2, 0.25) is 0 Å². The summed E-state index contributed by atoms with van der Waals surface area (Å²) in [6, 6.07) is 0.397. The summed E-state index contributed by atoms with van der Waals surface area (Å²) >= 11 is 3.38. The molecular formula is C9H12N2OS2. The summed E-state index contributed by atoms with van der Waals surface area (Å²) in [5.41, 5.74) is 2.28. The van der Waals surface area contributed by atoms with E-state index in [2.05, 4.69) is 4.98 Å². The number of carbonyl (C=O) groups excluding carboxylic acids is 1. The van der Waals surface area contributed by atoms with Crippen molar-refractivity contribution in [2.24, 2.45) is 0 Å². The van der Waals surface area contributed by atoms with Gasteiger partial charge in [0.1, 0.15) is 5.69 Å². The minimum Gasteiger partial charge on any atom is -0.337 e. The quantitative estimate of drug-likeness (QED) is 0.773. The Morgan fingerprint density at radius 1 is 1.71 bits per heavy atom. The van der Waals surface area contributed by atoms with Crippen LogP contribution < -0.4 is 0 Å². The molecule has 2 heterocycles. The number of hydrogen-bond acceptors (Lipinski definition) is 4. The minimum atomic E-state index is 0.0544. The Bertz CT molecular complexity index is 307. The summed E-state index contributed by atoms with van der Waals surface area (Å²) in [5.74, 6) is 2.28. The number of amides is 1. The van der Waals surface area contributed by atoms with Crippen LogP contribution in [-0.2, 0) is 0 Å². The average Bonchev–Trinajstić information content (AvgIpc) is 2.87. The second kappa shape index (κ2) is 4.31. The SMILES string of the molecule is CN(C(=O)c1cscn1)C1CCSC1. The molecule has 0 aromatic carbocycles. The van der Waals surface area contributed by atoms with Crippen molar-refractivity contribution in [2.45, 2.75) is 12.5 Å². The van der Waals surface area contributed by atoms with Gasteiger partial charge in [-0.1, -0.05) is 0 Å². The van der Waals surface area contributed by atoms with Crippen molar-refractivity contribution >= 4 is 29.0 Å². The molecule has 1 unspecified atom stereocenters. The van der Waals surface area contributed by atoms with E-state index in [9.17, 15) is 4.79 Å². The Kier molecular flexibility index (Phi) is 3.08. The predicted octanol–water partition coefficient (Wildman–Crippen LogP) is 1.72. The zero-order valence-electron chi connectivity index (χ0n) is 7.97. The lowest BCUT2D eigenvalue weighted by molar-refractivity contribution is 0.0743. The smallest absolute Gasteiger partial charge is 0.273 e. The van der Waals surface area contributed by atoms with Crippen molar-refractivity contribution < 1.29 is 4.79 Å². The number of thiazole rings is 1. The van der Waals surface area contributed by atoms with Gasteiger partial charge in [-0.15, -0.1) is 11.3 Å². The molecule has 0 bridgehead atoms. The lowest BCUT2D eigenvalue weighted by atomic mass is 10.2. The maximum Gasteiger partial charge on any atom is 0.273 e. The van der Waals surface area contributed by atoms with E-state index in [1.54, 1.807) is 10.9 Å². The van der Waals surface area contributed by atoms with Gasteiger partial charge in [-0.3, -0.25) is 4.79 Å². The molecule has 0 saturated carbocycles. The maximum atomic E-state index is 11.9. The number of thioether (sulfide) groups is 1. The van der Waals surface area contributed by atoms with E-state index in [0.717, 1.165) is 12.2 Å². The lowest BCUT2D eigenvalue weighted by Crippen LogP contribution is -2.37. The minimum absolute atomic E-state index is 0.0544. The highest BCUT2D eigenvalue weighted by Gasteiger charge is 2.25. The molecule has 1 atom stereocenters. The fourth-order valence-electron chi connectivity index (χ4n) is 1.49. The second-order valence-electron chi connectivity index (χ2n) is 3.31. The molecular weight excluding hydrogens is 216 g/mol. The van der Waals surface area contributed by atoms with Crippen LogP contribution >= 0.6 is 23.1 Å². The van der Waals surface area contributed by atoms with Crippen molar-refractivity contribution in [2.75, 3.05) is 18.6 Å². The van der Waals surface area contributed by atoms with Crippen LogP contribution in [0.25, 0.3) is 0 Å². The first-order chi connectivity index (χ1) is 6.79. The molecule has 3 nitrogen and oxygen atoms in total. The zero-order chi connectivity index (χ0) is 9.97. The van der Waals surface area contributed by atoms with Gasteiger partial charge in [0.15, 0.2) is 0 Å². The second-order valence-corrected chi connectivity index (χ2v) is 5.18. The average molecular weight is 228 g/mol. The number of nitrogens with zero attached hydrogens (tertiary/aromatic N) is 2. The van der Waals surface area contributed by atoms with Crippen molar-refractivity contribution in [3.63, 3.8) is 0 Å². The van der Waals surface area contributed by atoms with Gasteiger partial charge in [-0.05, 0) is 12.2 Å². The number of rotatable bonds is 2. The van der Waals surface area contributed by atoms with Gasteiger partial charge in [0.25, 0.3) is 5.91 Å². The standard InChI is InChI=1S/C9H12N2OS2/c1-11(7-2-3-13-4-7)9(12)8-5-14-6-10-8/h5-7H,2-4H2,1H3. The van der Waals surface area contributed by atoms with Gasteiger partial charge in [-0.2, -0.15) is 11.8 Å². The molecule has 14 heavy (non-hydrogen) atoms. The van der Waals surface area contributed by atoms with E-state index in [1.807, 2.05) is 23.7 Å². The molecule has 5 heteroatoms. The molecule has 0 radical (unpaired) electrons. The zero-order valence-corrected chi connectivity index (χ0v) is 9.61. The first-order valence-corrected chi connectivity index (χ1v) is 6.62. The van der Waals surface area contributed by atoms with Crippen LogP contribution in [0, 0.1) is 0 Å². The molecule has 1 amide bonds. The van der Waals surface area contributed by atoms with Crippen LogP contribution in [0.1, 0.15) is 16.9 Å². The Labute approximate surface area is 91.5 Å². The third-order valence-electron chi connectivity index (χ3n) is 2.43. The summed E-state index contributed by atoms with van der Waals surface area (Å²) in [5, 5.41) is 1.81. The summed E-state index contributed by atoms with van der Waals surface area (Å²) < 4.78 is 0. The number of carbonyl (C=O) groups is 1. The van der Waals surface area contributed by atoms with E-state index < -0.39 is 0 Å². The van der Waals surface area contributed by atoms with E-state index in [0.29, 0.717) is 11.7 Å². The molecule has 1 saturated heterocycles. The molecule has 1 aliphatic heterocycles. The van der Waals surface area contributed by atoms with Crippen molar-refractivity contribution in [3.8, 4) is 0 Å². The normalized spacial score (nSPS) is 21.1. The highest BCUT2D eigenvalue weighted by Crippen LogP contribution is 2.22. The van der Waals surface area contributed by atoms with E-state index >= 15 is 0 Å². The van der Waals surface area contributed by atoms with Gasteiger partial charge >= 0.3 is 0 Å². The molecule has 0 N–H and O–H groups in total. The lowest BCUT2D eigenvalue weighted by Gasteiger charge is -2.22. The van der Waals surface area contributed by atoms with Gasteiger partial charge in [0.05, 0.1) is 5.51 Å². The Balaban J connectivity index is 2.04. The first-order valence-electron chi connectivity index (χ1n) is 4.52. The Hall–Kier alpha value is -0.550. The molecule has 1 fully saturated rings. The monoisotopic (exact) mass is 228 g/mol. The fraction of sp³-hybridized carbons (Fsp3) is 0.556. The summed E-state index contributed by atoms with van der Waals surface area (Å²) in [4.78, 5) is 17.7. The highest BCUT2D eigenvalue weighted by molar-refractivity contribution is 7.99. The third-order valence-corrected chi connectivity index (χ3v) is 4.16. The van der Waals surface area contributed by atoms with Gasteiger partial charge < -0.3 is 4.90 Å². The topological polar surface area (TPSA) is 33.2 Å². The van der Waals surface area contributed by atoms with Crippen LogP contribution in [0.5, 0.6) is 0 Å². The van der Waals surface area contributed by atoms with Crippen LogP contribution in [-0.4, -0.2) is 40.4 Å². The van der Waals surface area contributed by atoms with E-state index in [1.165, 1.54) is 17.1 Å². The molecule has 76 valence electrons. The Morgan fingerprint density at radius 2 is 2.57 bits per heavy atom. The van der Waals surface area contributed by atoms with Crippen LogP contribution in [0.3, 0.4) is 0 Å². The molecule has 2 rings (SSSR count). The summed E-state index contributed by atoms with van der Waals surface area (Å²) in [7, 11) is 1.87. The summed E-state index contributed by atoms with van der Waals surface area (Å²) in [6.45, 7) is 0. The van der Waals surface area contributed by atoms with E-state index in [-0.39, 0.29) is 5.91 Å². The number of hydrogen-bond donors (Lipinski definition) is 0. The molecule has 1 aliphatic rings. The van der Waals surface area contributed by atoms with Crippen LogP contribution in [0.15, 0.2) is 10.9 Å². The van der Waals surface area contributed by atoms with Gasteiger partial charge in [-0.25, -0.2) is 4.98 Å². The number of aromatic nitrogens is 1. The third kappa shape index (κ3) is 1.93. The molecule has 0 spiro atoms.